The Kier molecular flexibility index (Phi) is 13.3. The van der Waals surface area contributed by atoms with E-state index in [4.69, 9.17) is 9.47 Å². The zero-order chi connectivity index (χ0) is 39.8. The van der Waals surface area contributed by atoms with Crippen LogP contribution in [0.1, 0.15) is 72.0 Å². The number of rotatable bonds is 14. The number of carbonyl (C=O) groups is 1. The average molecular weight is 788 g/mol. The summed E-state index contributed by atoms with van der Waals surface area (Å²) in [6.45, 7) is 7.37. The highest BCUT2D eigenvalue weighted by Crippen LogP contribution is 2.42. The van der Waals surface area contributed by atoms with Crippen molar-refractivity contribution in [2.75, 3.05) is 19.6 Å². The maximum absolute atomic E-state index is 13.6. The first kappa shape index (κ1) is 40.5. The highest BCUT2D eigenvalue weighted by Gasteiger charge is 2.39. The van der Waals surface area contributed by atoms with Gasteiger partial charge < -0.3 is 24.8 Å². The average Bonchev–Trinajstić information content (AvgIpc) is 3.24. The predicted molar refractivity (Wildman–Crippen MR) is 222 cm³/mol. The van der Waals surface area contributed by atoms with Crippen molar-refractivity contribution in [2.24, 2.45) is 5.92 Å². The number of aliphatic hydroxyl groups is 1. The van der Waals surface area contributed by atoms with Crippen molar-refractivity contribution in [2.45, 2.75) is 82.1 Å². The molecule has 0 unspecified atom stereocenters. The van der Waals surface area contributed by atoms with E-state index in [-0.39, 0.29) is 42.6 Å². The van der Waals surface area contributed by atoms with Crippen molar-refractivity contribution in [1.82, 2.24) is 14.9 Å². The number of benzene rings is 5. The lowest BCUT2D eigenvalue weighted by Crippen LogP contribution is -2.47. The van der Waals surface area contributed by atoms with Crippen LogP contribution in [0.4, 0.5) is 0 Å². The summed E-state index contributed by atoms with van der Waals surface area (Å²) in [6, 6.07) is 39.2. The quantitative estimate of drug-likeness (QED) is 0.106. The first-order valence-corrected chi connectivity index (χ1v) is 21.5. The summed E-state index contributed by atoms with van der Waals surface area (Å²) in [5, 5.41) is 12.6. The van der Waals surface area contributed by atoms with E-state index in [1.54, 1.807) is 24.3 Å². The molecule has 3 N–H and O–H groups in total. The number of piperidine rings is 1. The Morgan fingerprint density at radius 2 is 1.46 bits per heavy atom. The standard InChI is InChI=1S/C47H53N3O6S/c1-33-14-24-42(25-15-33)57(53,54)49-43(29-35-10-5-3-6-11-35)46(52)48-30-37-12-9-13-41(28-37)38-20-22-40(23-21-38)47-55-44(31-50-26-7-4-8-27-50)34(2)45(56-47)39-18-16-36(32-51)17-19-39/h3,5-6,9-25,28,34,43-45,47,49,51H,4,7-8,26-27,29-32H2,1-2H3,(H,48,52)/t34-,43+,44+,45+,47+/m0/s1. The van der Waals surface area contributed by atoms with E-state index in [0.29, 0.717) is 0 Å². The number of aryl methyl sites for hydroxylation is 1. The van der Waals surface area contributed by atoms with Gasteiger partial charge in [-0.25, -0.2) is 8.42 Å². The van der Waals surface area contributed by atoms with Gasteiger partial charge in [-0.15, -0.1) is 0 Å². The van der Waals surface area contributed by atoms with Crippen molar-refractivity contribution < 1.29 is 27.8 Å². The Bertz CT molecular complexity index is 2170. The monoisotopic (exact) mass is 787 g/mol. The van der Waals surface area contributed by atoms with Crippen molar-refractivity contribution in [3.63, 3.8) is 0 Å². The molecule has 0 radical (unpaired) electrons. The molecule has 5 atom stereocenters. The van der Waals surface area contributed by atoms with Crippen LogP contribution in [0.25, 0.3) is 11.1 Å². The van der Waals surface area contributed by atoms with E-state index in [1.807, 2.05) is 73.7 Å². The molecular formula is C47H53N3O6S. The molecular weight excluding hydrogens is 735 g/mol. The fourth-order valence-corrected chi connectivity index (χ4v) is 8.94. The zero-order valence-electron chi connectivity index (χ0n) is 32.7. The molecule has 9 nitrogen and oxygen atoms in total. The SMILES string of the molecule is Cc1ccc(S(=O)(=O)N[C@H](Cc2ccccc2)C(=O)NCc2cccc(-c3ccc([C@@H]4O[C@H](CN5CCCCC5)[C@H](C)[C@H](c5ccc(CO)cc5)O4)cc3)c2)cc1. The maximum Gasteiger partial charge on any atom is 0.241 e. The van der Waals surface area contributed by atoms with Crippen molar-refractivity contribution in [1.29, 1.82) is 0 Å². The summed E-state index contributed by atoms with van der Waals surface area (Å²) in [4.78, 5) is 16.3. The van der Waals surface area contributed by atoms with Crippen LogP contribution in [0, 0.1) is 12.8 Å². The summed E-state index contributed by atoms with van der Waals surface area (Å²) in [5.74, 6) is -0.278. The fraction of sp³-hybridized carbons (Fsp3) is 0.340. The molecule has 1 amide bonds. The smallest absolute Gasteiger partial charge is 0.241 e. The minimum absolute atomic E-state index is 0.00266. The predicted octanol–water partition coefficient (Wildman–Crippen LogP) is 7.64. The van der Waals surface area contributed by atoms with E-state index in [1.165, 1.54) is 19.3 Å². The second-order valence-corrected chi connectivity index (χ2v) is 17.1. The van der Waals surface area contributed by atoms with Gasteiger partial charge in [0, 0.05) is 24.6 Å². The molecule has 0 saturated carbocycles. The third-order valence-electron chi connectivity index (χ3n) is 11.1. The van der Waals surface area contributed by atoms with Gasteiger partial charge in [0.2, 0.25) is 15.9 Å². The number of likely N-dealkylation sites (tertiary alicyclic amines) is 1. The van der Waals surface area contributed by atoms with Crippen LogP contribution in [-0.2, 0) is 43.9 Å². The Balaban J connectivity index is 1.04. The third kappa shape index (κ3) is 10.4. The van der Waals surface area contributed by atoms with Crippen LogP contribution < -0.4 is 10.0 Å². The summed E-state index contributed by atoms with van der Waals surface area (Å²) in [7, 11) is -3.95. The van der Waals surface area contributed by atoms with Crippen LogP contribution in [0.15, 0.2) is 132 Å². The van der Waals surface area contributed by atoms with Crippen LogP contribution in [0.3, 0.4) is 0 Å². The second kappa shape index (κ2) is 18.7. The normalized spacial score (nSPS) is 20.8. The van der Waals surface area contributed by atoms with Gasteiger partial charge in [0.05, 0.1) is 23.7 Å². The molecule has 57 heavy (non-hydrogen) atoms. The lowest BCUT2D eigenvalue weighted by atomic mass is 9.89. The number of hydrogen-bond acceptors (Lipinski definition) is 7. The van der Waals surface area contributed by atoms with Crippen molar-refractivity contribution in [3.05, 3.63) is 161 Å². The molecule has 2 aliphatic heterocycles. The third-order valence-corrected chi connectivity index (χ3v) is 12.6. The van der Waals surface area contributed by atoms with Crippen LogP contribution >= 0.6 is 0 Å². The molecule has 0 bridgehead atoms. The Hall–Kier alpha value is -4.68. The molecule has 0 spiro atoms. The molecule has 0 aromatic heterocycles. The largest absolute Gasteiger partial charge is 0.392 e. The Labute approximate surface area is 337 Å². The van der Waals surface area contributed by atoms with Crippen molar-refractivity contribution in [3.8, 4) is 11.1 Å². The molecule has 10 heteroatoms. The van der Waals surface area contributed by atoms with Gasteiger partial charge in [-0.1, -0.05) is 128 Å². The van der Waals surface area contributed by atoms with Gasteiger partial charge in [0.1, 0.15) is 6.04 Å². The second-order valence-electron chi connectivity index (χ2n) is 15.4. The maximum atomic E-state index is 13.6. The number of hydrogen-bond donors (Lipinski definition) is 3. The van der Waals surface area contributed by atoms with Crippen molar-refractivity contribution >= 4 is 15.9 Å². The Morgan fingerprint density at radius 3 is 2.16 bits per heavy atom. The van der Waals surface area contributed by atoms with Gasteiger partial charge in [0.25, 0.3) is 0 Å². The van der Waals surface area contributed by atoms with Crippen LogP contribution in [0.2, 0.25) is 0 Å². The first-order valence-electron chi connectivity index (χ1n) is 20.0. The Morgan fingerprint density at radius 1 is 0.772 bits per heavy atom. The van der Waals surface area contributed by atoms with Crippen LogP contribution in [0.5, 0.6) is 0 Å². The number of amides is 1. The first-order chi connectivity index (χ1) is 27.6. The number of ether oxygens (including phenoxy) is 2. The van der Waals surface area contributed by atoms with E-state index < -0.39 is 28.3 Å². The number of nitrogens with zero attached hydrogens (tertiary/aromatic N) is 1. The van der Waals surface area contributed by atoms with E-state index in [2.05, 4.69) is 58.3 Å². The molecule has 298 valence electrons. The zero-order valence-corrected chi connectivity index (χ0v) is 33.5. The molecule has 5 aromatic carbocycles. The van der Waals surface area contributed by atoms with Gasteiger partial charge in [-0.2, -0.15) is 4.72 Å². The van der Waals surface area contributed by atoms with E-state index >= 15 is 0 Å². The molecule has 2 saturated heterocycles. The fourth-order valence-electron chi connectivity index (χ4n) is 7.74. The summed E-state index contributed by atoms with van der Waals surface area (Å²) < 4.78 is 42.8. The highest BCUT2D eigenvalue weighted by molar-refractivity contribution is 7.89. The number of aliphatic hydroxyl groups excluding tert-OH is 1. The molecule has 2 aliphatic rings. The minimum atomic E-state index is -3.95. The van der Waals surface area contributed by atoms with Gasteiger partial charge in [-0.3, -0.25) is 4.79 Å². The van der Waals surface area contributed by atoms with E-state index in [9.17, 15) is 18.3 Å². The van der Waals surface area contributed by atoms with E-state index in [0.717, 1.165) is 64.1 Å². The highest BCUT2D eigenvalue weighted by atomic mass is 32.2. The molecule has 0 aliphatic carbocycles. The number of nitrogens with one attached hydrogen (secondary N) is 2. The lowest BCUT2D eigenvalue weighted by molar-refractivity contribution is -0.276. The summed E-state index contributed by atoms with van der Waals surface area (Å²) in [6.07, 6.45) is 3.19. The topological polar surface area (TPSA) is 117 Å². The molecule has 7 rings (SSSR count). The van der Waals surface area contributed by atoms with Gasteiger partial charge in [0.15, 0.2) is 6.29 Å². The summed E-state index contributed by atoms with van der Waals surface area (Å²) >= 11 is 0. The molecule has 2 heterocycles. The number of carbonyl (C=O) groups excluding carboxylic acids is 1. The van der Waals surface area contributed by atoms with Crippen LogP contribution in [-0.4, -0.2) is 56.1 Å². The minimum Gasteiger partial charge on any atom is -0.392 e. The number of sulfonamides is 1. The van der Waals surface area contributed by atoms with Gasteiger partial charge >= 0.3 is 0 Å². The molecule has 5 aromatic rings. The molecule has 2 fully saturated rings. The lowest BCUT2D eigenvalue weighted by Gasteiger charge is -2.43. The summed E-state index contributed by atoms with van der Waals surface area (Å²) in [5.41, 5.74) is 7.55. The van der Waals surface area contributed by atoms with Gasteiger partial charge in [-0.05, 0) is 90.9 Å².